The summed E-state index contributed by atoms with van der Waals surface area (Å²) in [6, 6.07) is 0. The number of hydrogen-bond donors (Lipinski definition) is 6. The van der Waals surface area contributed by atoms with Crippen LogP contribution in [0.5, 0.6) is 0 Å². The fourth-order valence-corrected chi connectivity index (χ4v) is 0.674. The van der Waals surface area contributed by atoms with E-state index in [1.165, 1.54) is 0 Å². The van der Waals surface area contributed by atoms with Gasteiger partial charge < -0.3 is 30.6 Å². The van der Waals surface area contributed by atoms with Gasteiger partial charge in [-0.15, -0.1) is 0 Å². The number of alkyl halides is 1. The summed E-state index contributed by atoms with van der Waals surface area (Å²) in [6.07, 6.45) is -6.25. The average molecular weight is 200 g/mol. The minimum Gasteiger partial charge on any atom is -0.394 e. The van der Waals surface area contributed by atoms with E-state index in [9.17, 15) is 4.39 Å². The molecule has 0 radical (unpaired) electrons. The Labute approximate surface area is 73.5 Å². The Hall–Kier alpha value is -0.310. The normalized spacial score (nSPS) is 23.3. The van der Waals surface area contributed by atoms with Crippen LogP contribution in [-0.2, 0) is 0 Å². The van der Waals surface area contributed by atoms with E-state index in [2.05, 4.69) is 0 Å². The molecule has 6 N–H and O–H groups in total. The van der Waals surface area contributed by atoms with Gasteiger partial charge in [0.2, 0.25) is 0 Å². The lowest BCUT2D eigenvalue weighted by Gasteiger charge is -2.28. The molecule has 0 amide bonds. The van der Waals surface area contributed by atoms with E-state index in [1.54, 1.807) is 0 Å². The summed E-state index contributed by atoms with van der Waals surface area (Å²) < 4.78 is 12.7. The lowest BCUT2D eigenvalue weighted by molar-refractivity contribution is -0.231. The Morgan fingerprint density at radius 2 is 1.62 bits per heavy atom. The van der Waals surface area contributed by atoms with Crippen molar-refractivity contribution in [3.63, 3.8) is 0 Å². The van der Waals surface area contributed by atoms with Gasteiger partial charge in [0, 0.05) is 0 Å². The van der Waals surface area contributed by atoms with Gasteiger partial charge in [-0.25, -0.2) is 4.39 Å². The lowest BCUT2D eigenvalue weighted by atomic mass is 10.0. The fraction of sp³-hybridized carbons (Fsp3) is 1.00. The van der Waals surface area contributed by atoms with Crippen molar-refractivity contribution in [2.24, 2.45) is 0 Å². The maximum Gasteiger partial charge on any atom is 0.258 e. The summed E-state index contributed by atoms with van der Waals surface area (Å²) >= 11 is 0. The van der Waals surface area contributed by atoms with Crippen LogP contribution in [0.3, 0.4) is 0 Å². The molecule has 4 atom stereocenters. The van der Waals surface area contributed by atoms with Gasteiger partial charge in [-0.1, -0.05) is 0 Å². The number of halogens is 1. The Morgan fingerprint density at radius 1 is 1.15 bits per heavy atom. The van der Waals surface area contributed by atoms with E-state index >= 15 is 0 Å². The number of hydrogen-bond acceptors (Lipinski definition) is 6. The molecule has 0 aliphatic rings. The first-order chi connectivity index (χ1) is 5.86. The zero-order valence-corrected chi connectivity index (χ0v) is 6.71. The molecular weight excluding hydrogens is 187 g/mol. The lowest BCUT2D eigenvalue weighted by Crippen LogP contribution is -2.53. The van der Waals surface area contributed by atoms with Crippen LogP contribution in [0.4, 0.5) is 4.39 Å². The topological polar surface area (TPSA) is 121 Å². The fourth-order valence-electron chi connectivity index (χ4n) is 0.674. The van der Waals surface area contributed by atoms with Crippen molar-refractivity contribution in [1.82, 2.24) is 0 Å². The molecule has 0 saturated heterocycles. The van der Waals surface area contributed by atoms with E-state index in [0.29, 0.717) is 0 Å². The molecule has 0 unspecified atom stereocenters. The molecule has 7 heteroatoms. The van der Waals surface area contributed by atoms with Crippen LogP contribution in [0.1, 0.15) is 0 Å². The Balaban J connectivity index is 4.32. The van der Waals surface area contributed by atoms with Gasteiger partial charge in [0.05, 0.1) is 6.61 Å². The zero-order chi connectivity index (χ0) is 10.6. The van der Waals surface area contributed by atoms with Gasteiger partial charge in [-0.05, 0) is 0 Å². The molecule has 0 bridgehead atoms. The third-order valence-electron chi connectivity index (χ3n) is 1.58. The molecule has 6 nitrogen and oxygen atoms in total. The minimum absolute atomic E-state index is 0.903. The Bertz CT molecular complexity index is 152. The minimum atomic E-state index is -3.41. The largest absolute Gasteiger partial charge is 0.394 e. The Morgan fingerprint density at radius 3 is 1.92 bits per heavy atom. The number of aliphatic hydroxyl groups excluding tert-OH is 5. The van der Waals surface area contributed by atoms with E-state index in [-0.39, 0.29) is 0 Å². The summed E-state index contributed by atoms with van der Waals surface area (Å²) in [5.41, 5.74) is 0. The molecular formula is C6H13FO6. The third-order valence-corrected chi connectivity index (χ3v) is 1.58. The summed E-state index contributed by atoms with van der Waals surface area (Å²) in [4.78, 5) is 0. The molecule has 0 heterocycles. The van der Waals surface area contributed by atoms with Gasteiger partial charge >= 0.3 is 0 Å². The van der Waals surface area contributed by atoms with Gasteiger partial charge in [0.25, 0.3) is 5.85 Å². The van der Waals surface area contributed by atoms with Crippen LogP contribution < -0.4 is 0 Å². The van der Waals surface area contributed by atoms with Crippen LogP contribution >= 0.6 is 0 Å². The Kier molecular flexibility index (Phi) is 4.68. The molecule has 0 spiro atoms. The highest BCUT2D eigenvalue weighted by atomic mass is 19.2. The van der Waals surface area contributed by atoms with Gasteiger partial charge in [-0.2, -0.15) is 0 Å². The molecule has 0 aliphatic carbocycles. The number of aliphatic hydroxyl groups is 6. The second-order valence-electron chi connectivity index (χ2n) is 2.66. The SMILES string of the molecule is OC[C@@H](O)[C@@H](O)[C@H](O)[C@](O)(F)CO. The van der Waals surface area contributed by atoms with E-state index in [0.717, 1.165) is 0 Å². The van der Waals surface area contributed by atoms with Gasteiger partial charge in [0.15, 0.2) is 0 Å². The second kappa shape index (κ2) is 4.80. The van der Waals surface area contributed by atoms with Crippen molar-refractivity contribution in [3.05, 3.63) is 0 Å². The molecule has 0 saturated carbocycles. The zero-order valence-electron chi connectivity index (χ0n) is 6.71. The molecule has 0 aromatic rings. The molecule has 80 valence electrons. The molecule has 13 heavy (non-hydrogen) atoms. The van der Waals surface area contributed by atoms with Crippen LogP contribution in [0.2, 0.25) is 0 Å². The van der Waals surface area contributed by atoms with Crippen LogP contribution in [0, 0.1) is 0 Å². The van der Waals surface area contributed by atoms with Crippen molar-refractivity contribution >= 4 is 0 Å². The van der Waals surface area contributed by atoms with Crippen LogP contribution in [0.15, 0.2) is 0 Å². The first-order valence-corrected chi connectivity index (χ1v) is 3.54. The summed E-state index contributed by atoms with van der Waals surface area (Å²) in [5, 5.41) is 51.6. The third kappa shape index (κ3) is 3.14. The quantitative estimate of drug-likeness (QED) is 0.276. The standard InChI is InChI=1S/C6H13FO6/c7-6(13,2-9)5(12)4(11)3(10)1-8/h3-5,8-13H,1-2H2/t3-,4-,5+,6+/m1/s1. The van der Waals surface area contributed by atoms with Gasteiger partial charge in [-0.3, -0.25) is 0 Å². The smallest absolute Gasteiger partial charge is 0.258 e. The predicted molar refractivity (Wildman–Crippen MR) is 38.2 cm³/mol. The molecule has 0 fully saturated rings. The molecule has 0 aromatic heterocycles. The van der Waals surface area contributed by atoms with Crippen molar-refractivity contribution in [3.8, 4) is 0 Å². The molecule has 0 aliphatic heterocycles. The highest BCUT2D eigenvalue weighted by Gasteiger charge is 2.42. The van der Waals surface area contributed by atoms with Crippen molar-refractivity contribution < 1.29 is 35.0 Å². The summed E-state index contributed by atoms with van der Waals surface area (Å²) in [7, 11) is 0. The highest BCUT2D eigenvalue weighted by Crippen LogP contribution is 2.16. The van der Waals surface area contributed by atoms with E-state index < -0.39 is 37.4 Å². The summed E-state index contributed by atoms with van der Waals surface area (Å²) in [6.45, 7) is -2.33. The van der Waals surface area contributed by atoms with Crippen LogP contribution in [0.25, 0.3) is 0 Å². The van der Waals surface area contributed by atoms with E-state index in [4.69, 9.17) is 30.6 Å². The van der Waals surface area contributed by atoms with E-state index in [1.807, 2.05) is 0 Å². The molecule has 0 aromatic carbocycles. The van der Waals surface area contributed by atoms with Crippen molar-refractivity contribution in [2.75, 3.05) is 13.2 Å². The molecule has 0 rings (SSSR count). The van der Waals surface area contributed by atoms with Crippen molar-refractivity contribution in [1.29, 1.82) is 0 Å². The average Bonchev–Trinajstić information content (AvgIpc) is 2.14. The maximum atomic E-state index is 12.7. The monoisotopic (exact) mass is 200 g/mol. The van der Waals surface area contributed by atoms with Gasteiger partial charge in [0.1, 0.15) is 24.9 Å². The summed E-state index contributed by atoms with van der Waals surface area (Å²) in [5.74, 6) is -3.41. The van der Waals surface area contributed by atoms with Crippen molar-refractivity contribution in [2.45, 2.75) is 24.2 Å². The van der Waals surface area contributed by atoms with Crippen LogP contribution in [-0.4, -0.2) is 68.0 Å². The number of rotatable bonds is 5. The predicted octanol–water partition coefficient (Wildman–Crippen LogP) is -3.29. The maximum absolute atomic E-state index is 12.7. The second-order valence-corrected chi connectivity index (χ2v) is 2.66. The first kappa shape index (κ1) is 12.7. The first-order valence-electron chi connectivity index (χ1n) is 3.54. The highest BCUT2D eigenvalue weighted by molar-refractivity contribution is 4.85.